The van der Waals surface area contributed by atoms with Crippen LogP contribution in [0.3, 0.4) is 0 Å². The molecule has 0 aliphatic carbocycles. The van der Waals surface area contributed by atoms with Crippen LogP contribution in [0.25, 0.3) is 0 Å². The molecule has 0 aliphatic rings. The molecule has 2 rings (SSSR count). The molecule has 0 aromatic heterocycles. The third-order valence-corrected chi connectivity index (χ3v) is 6.42. The van der Waals surface area contributed by atoms with Crippen LogP contribution in [0.5, 0.6) is 0 Å². The summed E-state index contributed by atoms with van der Waals surface area (Å²) in [5, 5.41) is 0. The topological polar surface area (TPSA) is 55.8 Å². The molecule has 0 atom stereocenters. The van der Waals surface area contributed by atoms with Gasteiger partial charge in [0.2, 0.25) is 5.91 Å². The van der Waals surface area contributed by atoms with Crippen LogP contribution in [0.4, 0.5) is 5.69 Å². The second-order valence-corrected chi connectivity index (χ2v) is 8.97. The first-order valence-electron chi connectivity index (χ1n) is 8.95. The van der Waals surface area contributed by atoms with Crippen molar-refractivity contribution in [3.8, 4) is 0 Å². The summed E-state index contributed by atoms with van der Waals surface area (Å²) in [6.07, 6.45) is 0.142. The van der Waals surface area contributed by atoms with Crippen LogP contribution < -0.4 is 4.90 Å². The maximum absolute atomic E-state index is 13.0. The third-order valence-electron chi connectivity index (χ3n) is 3.86. The zero-order valence-corrected chi connectivity index (χ0v) is 18.1. The van der Waals surface area contributed by atoms with E-state index < -0.39 is 7.60 Å². The quantitative estimate of drug-likeness (QED) is 0.436. The van der Waals surface area contributed by atoms with Crippen LogP contribution in [-0.2, 0) is 25.0 Å². The van der Waals surface area contributed by atoms with Gasteiger partial charge in [-0.3, -0.25) is 9.36 Å². The SMILES string of the molecule is CCOP(=O)(CCC(=O)N(Cc1ccccc1)c1cccc(Br)c1)OCC. The van der Waals surface area contributed by atoms with Gasteiger partial charge in [-0.25, -0.2) is 0 Å². The van der Waals surface area contributed by atoms with E-state index in [1.54, 1.807) is 18.7 Å². The van der Waals surface area contributed by atoms with E-state index in [9.17, 15) is 9.36 Å². The van der Waals surface area contributed by atoms with Crippen molar-refractivity contribution in [2.45, 2.75) is 26.8 Å². The molecule has 1 amide bonds. The average Bonchev–Trinajstić information content (AvgIpc) is 2.65. The van der Waals surface area contributed by atoms with Gasteiger partial charge in [0.1, 0.15) is 0 Å². The van der Waals surface area contributed by atoms with Gasteiger partial charge in [0.15, 0.2) is 0 Å². The van der Waals surface area contributed by atoms with Crippen molar-refractivity contribution in [3.63, 3.8) is 0 Å². The first kappa shape index (κ1) is 21.8. The molecule has 0 spiro atoms. The van der Waals surface area contributed by atoms with Crippen LogP contribution in [0.2, 0.25) is 0 Å². The van der Waals surface area contributed by atoms with E-state index in [0.29, 0.717) is 6.54 Å². The predicted octanol–water partition coefficient (Wildman–Crippen LogP) is 5.64. The zero-order chi connectivity index (χ0) is 19.7. The minimum absolute atomic E-state index is 0.0623. The molecule has 0 radical (unpaired) electrons. The van der Waals surface area contributed by atoms with Crippen molar-refractivity contribution in [2.75, 3.05) is 24.3 Å². The Kier molecular flexibility index (Phi) is 8.71. The standard InChI is InChI=1S/C20H25BrNO4P/c1-3-25-27(24,26-4-2)14-13-20(23)22(16-17-9-6-5-7-10-17)19-12-8-11-18(21)15-19/h5-12,15H,3-4,13-14,16H2,1-2H3. The lowest BCUT2D eigenvalue weighted by molar-refractivity contribution is -0.118. The Bertz CT molecular complexity index is 775. The number of carbonyl (C=O) groups excluding carboxylic acids is 1. The summed E-state index contributed by atoms with van der Waals surface area (Å²) in [6, 6.07) is 17.3. The molecule has 7 heteroatoms. The lowest BCUT2D eigenvalue weighted by Gasteiger charge is -2.24. The average molecular weight is 454 g/mol. The highest BCUT2D eigenvalue weighted by atomic mass is 79.9. The van der Waals surface area contributed by atoms with Crippen LogP contribution in [0.15, 0.2) is 59.1 Å². The Morgan fingerprint density at radius 1 is 1.04 bits per heavy atom. The van der Waals surface area contributed by atoms with Gasteiger partial charge in [0, 0.05) is 16.6 Å². The smallest absolute Gasteiger partial charge is 0.309 e. The molecule has 0 saturated heterocycles. The molecule has 0 N–H and O–H groups in total. The van der Waals surface area contributed by atoms with E-state index in [2.05, 4.69) is 15.9 Å². The summed E-state index contributed by atoms with van der Waals surface area (Å²) >= 11 is 3.45. The third kappa shape index (κ3) is 6.89. The summed E-state index contributed by atoms with van der Waals surface area (Å²) < 4.78 is 24.2. The molecule has 2 aromatic carbocycles. The van der Waals surface area contributed by atoms with Crippen molar-refractivity contribution in [2.24, 2.45) is 0 Å². The molecule has 2 aromatic rings. The van der Waals surface area contributed by atoms with Crippen molar-refractivity contribution in [1.29, 1.82) is 0 Å². The number of amides is 1. The number of benzene rings is 2. The van der Waals surface area contributed by atoms with Gasteiger partial charge >= 0.3 is 7.60 Å². The van der Waals surface area contributed by atoms with Crippen molar-refractivity contribution in [1.82, 2.24) is 0 Å². The van der Waals surface area contributed by atoms with Gasteiger partial charge in [-0.15, -0.1) is 0 Å². The Morgan fingerprint density at radius 2 is 1.70 bits per heavy atom. The lowest BCUT2D eigenvalue weighted by Crippen LogP contribution is -2.31. The lowest BCUT2D eigenvalue weighted by atomic mass is 10.2. The Morgan fingerprint density at radius 3 is 2.30 bits per heavy atom. The summed E-state index contributed by atoms with van der Waals surface area (Å²) in [5.41, 5.74) is 1.80. The number of rotatable bonds is 10. The van der Waals surface area contributed by atoms with Crippen LogP contribution in [0.1, 0.15) is 25.8 Å². The van der Waals surface area contributed by atoms with Crippen molar-refractivity contribution < 1.29 is 18.4 Å². The number of nitrogens with zero attached hydrogens (tertiary/aromatic N) is 1. The minimum Gasteiger partial charge on any atom is -0.309 e. The summed E-state index contributed by atoms with van der Waals surface area (Å²) in [5.74, 6) is -0.128. The number of anilines is 1. The van der Waals surface area contributed by atoms with Crippen LogP contribution >= 0.6 is 23.5 Å². The summed E-state index contributed by atoms with van der Waals surface area (Å²) in [4.78, 5) is 14.7. The second-order valence-electron chi connectivity index (χ2n) is 5.87. The van der Waals surface area contributed by atoms with Crippen molar-refractivity contribution in [3.05, 3.63) is 64.6 Å². The fourth-order valence-electron chi connectivity index (χ4n) is 2.66. The first-order chi connectivity index (χ1) is 13.0. The Balaban J connectivity index is 2.19. The van der Waals surface area contributed by atoms with Gasteiger partial charge in [-0.1, -0.05) is 52.3 Å². The van der Waals surface area contributed by atoms with E-state index >= 15 is 0 Å². The van der Waals surface area contributed by atoms with E-state index in [1.165, 1.54) is 0 Å². The molecule has 0 heterocycles. The van der Waals surface area contributed by atoms with Crippen LogP contribution in [0, 0.1) is 0 Å². The largest absolute Gasteiger partial charge is 0.331 e. The van der Waals surface area contributed by atoms with Gasteiger partial charge < -0.3 is 13.9 Å². The highest BCUT2D eigenvalue weighted by molar-refractivity contribution is 9.10. The Labute approximate surface area is 169 Å². The molecule has 27 heavy (non-hydrogen) atoms. The van der Waals surface area contributed by atoms with Crippen molar-refractivity contribution >= 4 is 35.1 Å². The second kappa shape index (κ2) is 10.8. The zero-order valence-electron chi connectivity index (χ0n) is 15.6. The predicted molar refractivity (Wildman–Crippen MR) is 112 cm³/mol. The van der Waals surface area contributed by atoms with E-state index in [-0.39, 0.29) is 31.7 Å². The van der Waals surface area contributed by atoms with E-state index in [4.69, 9.17) is 9.05 Å². The molecule has 0 fully saturated rings. The number of carbonyl (C=O) groups is 1. The molecule has 0 bridgehead atoms. The van der Waals surface area contributed by atoms with E-state index in [1.807, 2.05) is 54.6 Å². The molecule has 0 aliphatic heterocycles. The number of halogens is 1. The van der Waals surface area contributed by atoms with E-state index in [0.717, 1.165) is 15.7 Å². The minimum atomic E-state index is -3.25. The van der Waals surface area contributed by atoms with Gasteiger partial charge in [-0.05, 0) is 37.6 Å². The van der Waals surface area contributed by atoms with Gasteiger partial charge in [0.05, 0.1) is 25.9 Å². The molecule has 0 saturated carbocycles. The van der Waals surface area contributed by atoms with Gasteiger partial charge in [0.25, 0.3) is 0 Å². The number of hydrogen-bond acceptors (Lipinski definition) is 4. The highest BCUT2D eigenvalue weighted by Crippen LogP contribution is 2.48. The van der Waals surface area contributed by atoms with Gasteiger partial charge in [-0.2, -0.15) is 0 Å². The molecule has 5 nitrogen and oxygen atoms in total. The first-order valence-corrected chi connectivity index (χ1v) is 11.5. The molecule has 0 unspecified atom stereocenters. The summed E-state index contributed by atoms with van der Waals surface area (Å²) in [7, 11) is -3.25. The maximum atomic E-state index is 13.0. The molecule has 146 valence electrons. The van der Waals surface area contributed by atoms with Crippen LogP contribution in [-0.4, -0.2) is 25.3 Å². The monoisotopic (exact) mass is 453 g/mol. The Hall–Kier alpha value is -1.46. The maximum Gasteiger partial charge on any atom is 0.331 e. The summed E-state index contributed by atoms with van der Waals surface area (Å²) in [6.45, 7) is 4.52. The molecular weight excluding hydrogens is 429 g/mol. The molecular formula is C20H25BrNO4P. The fraction of sp³-hybridized carbons (Fsp3) is 0.350. The normalized spacial score (nSPS) is 11.4. The fourth-order valence-corrected chi connectivity index (χ4v) is 4.63. The number of hydrogen-bond donors (Lipinski definition) is 0. The highest BCUT2D eigenvalue weighted by Gasteiger charge is 2.26.